The predicted molar refractivity (Wildman–Crippen MR) is 64.3 cm³/mol. The van der Waals surface area contributed by atoms with E-state index < -0.39 is 0 Å². The second-order valence-corrected chi connectivity index (χ2v) is 4.37. The summed E-state index contributed by atoms with van der Waals surface area (Å²) in [4.78, 5) is 20.2. The maximum absolute atomic E-state index is 11.8. The van der Waals surface area contributed by atoms with E-state index in [2.05, 4.69) is 20.6 Å². The molecule has 1 aromatic heterocycles. The van der Waals surface area contributed by atoms with Crippen molar-refractivity contribution in [1.29, 1.82) is 0 Å². The van der Waals surface area contributed by atoms with Crippen molar-refractivity contribution in [2.24, 2.45) is 0 Å². The monoisotopic (exact) mass is 234 g/mol. The summed E-state index contributed by atoms with van der Waals surface area (Å²) in [5, 5.41) is 6.10. The molecule has 2 heterocycles. The van der Waals surface area contributed by atoms with Gasteiger partial charge in [-0.1, -0.05) is 6.42 Å². The minimum atomic E-state index is -0.0397. The van der Waals surface area contributed by atoms with Crippen LogP contribution < -0.4 is 10.6 Å². The van der Waals surface area contributed by atoms with Crippen LogP contribution in [0.3, 0.4) is 0 Å². The van der Waals surface area contributed by atoms with Crippen molar-refractivity contribution in [3.8, 4) is 0 Å². The second-order valence-electron chi connectivity index (χ2n) is 4.37. The van der Waals surface area contributed by atoms with Crippen LogP contribution in [0.25, 0.3) is 0 Å². The van der Waals surface area contributed by atoms with Gasteiger partial charge in [-0.05, 0) is 26.3 Å². The molecule has 0 aromatic carbocycles. The normalized spacial score (nSPS) is 19.9. The molecule has 92 valence electrons. The van der Waals surface area contributed by atoms with E-state index in [1.54, 1.807) is 12.4 Å². The fraction of sp³-hybridized carbons (Fsp3) is 0.583. The van der Waals surface area contributed by atoms with Crippen LogP contribution in [0.1, 0.15) is 30.7 Å². The number of nitrogens with one attached hydrogen (secondary N) is 2. The SMILES string of the molecule is Cc1cnc(CNC(=O)[C@@H]2CCCCN2)cn1. The third kappa shape index (κ3) is 3.49. The lowest BCUT2D eigenvalue weighted by Gasteiger charge is -2.22. The first-order valence-electron chi connectivity index (χ1n) is 6.04. The Kier molecular flexibility index (Phi) is 4.03. The maximum atomic E-state index is 11.8. The third-order valence-corrected chi connectivity index (χ3v) is 2.90. The number of rotatable bonds is 3. The number of aryl methyl sites for hydroxylation is 1. The molecule has 0 aliphatic carbocycles. The van der Waals surface area contributed by atoms with Crippen molar-refractivity contribution < 1.29 is 4.79 Å². The lowest BCUT2D eigenvalue weighted by Crippen LogP contribution is -2.46. The molecule has 0 saturated carbocycles. The number of hydrogen-bond donors (Lipinski definition) is 2. The van der Waals surface area contributed by atoms with Crippen molar-refractivity contribution >= 4 is 5.91 Å². The molecule has 17 heavy (non-hydrogen) atoms. The van der Waals surface area contributed by atoms with Crippen molar-refractivity contribution in [1.82, 2.24) is 20.6 Å². The highest BCUT2D eigenvalue weighted by molar-refractivity contribution is 5.81. The fourth-order valence-electron chi connectivity index (χ4n) is 1.89. The molecular weight excluding hydrogens is 216 g/mol. The van der Waals surface area contributed by atoms with Crippen LogP contribution in [0.2, 0.25) is 0 Å². The van der Waals surface area contributed by atoms with Gasteiger partial charge in [-0.2, -0.15) is 0 Å². The van der Waals surface area contributed by atoms with E-state index in [0.29, 0.717) is 6.54 Å². The molecule has 0 radical (unpaired) electrons. The van der Waals surface area contributed by atoms with Gasteiger partial charge in [-0.15, -0.1) is 0 Å². The Morgan fingerprint density at radius 1 is 1.47 bits per heavy atom. The minimum Gasteiger partial charge on any atom is -0.349 e. The highest BCUT2D eigenvalue weighted by Crippen LogP contribution is 2.06. The van der Waals surface area contributed by atoms with E-state index in [1.165, 1.54) is 0 Å². The third-order valence-electron chi connectivity index (χ3n) is 2.90. The first kappa shape index (κ1) is 12.0. The summed E-state index contributed by atoms with van der Waals surface area (Å²) < 4.78 is 0. The van der Waals surface area contributed by atoms with Gasteiger partial charge in [-0.3, -0.25) is 14.8 Å². The average molecular weight is 234 g/mol. The molecule has 0 unspecified atom stereocenters. The quantitative estimate of drug-likeness (QED) is 0.801. The summed E-state index contributed by atoms with van der Waals surface area (Å²) in [5.41, 5.74) is 1.67. The van der Waals surface area contributed by atoms with Crippen LogP contribution >= 0.6 is 0 Å². The number of hydrogen-bond acceptors (Lipinski definition) is 4. The first-order valence-corrected chi connectivity index (χ1v) is 6.04. The summed E-state index contributed by atoms with van der Waals surface area (Å²) in [7, 11) is 0. The Morgan fingerprint density at radius 2 is 2.35 bits per heavy atom. The number of aromatic nitrogens is 2. The van der Waals surface area contributed by atoms with Gasteiger partial charge in [0.2, 0.25) is 5.91 Å². The van der Waals surface area contributed by atoms with Crippen LogP contribution in [0.15, 0.2) is 12.4 Å². The molecular formula is C12H18N4O. The topological polar surface area (TPSA) is 66.9 Å². The Morgan fingerprint density at radius 3 is 3.00 bits per heavy atom. The first-order chi connectivity index (χ1) is 8.25. The largest absolute Gasteiger partial charge is 0.349 e. The second kappa shape index (κ2) is 5.72. The molecule has 1 amide bonds. The van der Waals surface area contributed by atoms with Crippen molar-refractivity contribution in [3.05, 3.63) is 23.8 Å². The molecule has 5 heteroatoms. The van der Waals surface area contributed by atoms with Gasteiger partial charge >= 0.3 is 0 Å². The standard InChI is InChI=1S/C12H18N4O/c1-9-6-15-10(7-14-9)8-16-12(17)11-4-2-3-5-13-11/h6-7,11,13H,2-5,8H2,1H3,(H,16,17)/t11-/m0/s1. The number of piperidine rings is 1. The molecule has 1 aliphatic heterocycles. The summed E-state index contributed by atoms with van der Waals surface area (Å²) in [5.74, 6) is 0.0621. The molecule has 1 aliphatic rings. The fourth-order valence-corrected chi connectivity index (χ4v) is 1.89. The molecule has 5 nitrogen and oxygen atoms in total. The predicted octanol–water partition coefficient (Wildman–Crippen LogP) is 0.543. The smallest absolute Gasteiger partial charge is 0.237 e. The summed E-state index contributed by atoms with van der Waals surface area (Å²) >= 11 is 0. The number of carbonyl (C=O) groups is 1. The highest BCUT2D eigenvalue weighted by Gasteiger charge is 2.19. The zero-order chi connectivity index (χ0) is 12.1. The molecule has 0 spiro atoms. The molecule has 1 fully saturated rings. The lowest BCUT2D eigenvalue weighted by atomic mass is 10.0. The van der Waals surface area contributed by atoms with Crippen LogP contribution in [-0.4, -0.2) is 28.5 Å². The number of carbonyl (C=O) groups excluding carboxylic acids is 1. The van der Waals surface area contributed by atoms with Crippen LogP contribution in [0.5, 0.6) is 0 Å². The van der Waals surface area contributed by atoms with Crippen molar-refractivity contribution in [2.75, 3.05) is 6.54 Å². The Hall–Kier alpha value is -1.49. The zero-order valence-electron chi connectivity index (χ0n) is 10.1. The molecule has 1 atom stereocenters. The molecule has 1 aromatic rings. The Labute approximate surface area is 101 Å². The van der Waals surface area contributed by atoms with Gasteiger partial charge in [0.1, 0.15) is 0 Å². The Balaban J connectivity index is 1.81. The van der Waals surface area contributed by atoms with Gasteiger partial charge in [0, 0.05) is 6.20 Å². The van der Waals surface area contributed by atoms with E-state index in [0.717, 1.165) is 37.2 Å². The van der Waals surface area contributed by atoms with Gasteiger partial charge in [0.15, 0.2) is 0 Å². The van der Waals surface area contributed by atoms with Crippen molar-refractivity contribution in [2.45, 2.75) is 38.8 Å². The molecule has 1 saturated heterocycles. The van der Waals surface area contributed by atoms with Crippen LogP contribution in [0.4, 0.5) is 0 Å². The van der Waals surface area contributed by atoms with E-state index >= 15 is 0 Å². The molecule has 2 rings (SSSR count). The summed E-state index contributed by atoms with van der Waals surface area (Å²) in [6.07, 6.45) is 6.61. The molecule has 2 N–H and O–H groups in total. The molecule has 0 bridgehead atoms. The summed E-state index contributed by atoms with van der Waals surface area (Å²) in [6, 6.07) is -0.0397. The summed E-state index contributed by atoms with van der Waals surface area (Å²) in [6.45, 7) is 3.27. The maximum Gasteiger partial charge on any atom is 0.237 e. The van der Waals surface area contributed by atoms with Crippen molar-refractivity contribution in [3.63, 3.8) is 0 Å². The average Bonchev–Trinajstić information content (AvgIpc) is 2.39. The van der Waals surface area contributed by atoms with E-state index in [9.17, 15) is 4.79 Å². The van der Waals surface area contributed by atoms with Crippen LogP contribution in [0, 0.1) is 6.92 Å². The van der Waals surface area contributed by atoms with Gasteiger partial charge in [0.05, 0.1) is 30.2 Å². The van der Waals surface area contributed by atoms with E-state index in [-0.39, 0.29) is 11.9 Å². The van der Waals surface area contributed by atoms with Crippen LogP contribution in [-0.2, 0) is 11.3 Å². The highest BCUT2D eigenvalue weighted by atomic mass is 16.2. The van der Waals surface area contributed by atoms with E-state index in [1.807, 2.05) is 6.92 Å². The van der Waals surface area contributed by atoms with Gasteiger partial charge < -0.3 is 10.6 Å². The number of amides is 1. The van der Waals surface area contributed by atoms with Gasteiger partial charge in [0.25, 0.3) is 0 Å². The number of nitrogens with zero attached hydrogens (tertiary/aromatic N) is 2. The van der Waals surface area contributed by atoms with E-state index in [4.69, 9.17) is 0 Å². The van der Waals surface area contributed by atoms with Gasteiger partial charge in [-0.25, -0.2) is 0 Å². The lowest BCUT2D eigenvalue weighted by molar-refractivity contribution is -0.123. The Bertz CT molecular complexity index is 371. The zero-order valence-corrected chi connectivity index (χ0v) is 10.1. The minimum absolute atomic E-state index is 0.0397.